The van der Waals surface area contributed by atoms with Gasteiger partial charge in [-0.3, -0.25) is 4.79 Å². The number of furan rings is 1. The number of hydrogen-bond donors (Lipinski definition) is 0. The van der Waals surface area contributed by atoms with Gasteiger partial charge >= 0.3 is 0 Å². The summed E-state index contributed by atoms with van der Waals surface area (Å²) in [5.41, 5.74) is 2.84. The first-order valence-electron chi connectivity index (χ1n) is 11.9. The summed E-state index contributed by atoms with van der Waals surface area (Å²) in [5.74, 6) is 1.92. The number of anilines is 1. The summed E-state index contributed by atoms with van der Waals surface area (Å²) in [4.78, 5) is 17.8. The monoisotopic (exact) mass is 433 g/mol. The first kappa shape index (κ1) is 20.9. The van der Waals surface area contributed by atoms with Gasteiger partial charge in [0.05, 0.1) is 24.9 Å². The summed E-state index contributed by atoms with van der Waals surface area (Å²) in [6.45, 7) is 2.85. The van der Waals surface area contributed by atoms with E-state index < -0.39 is 0 Å². The SMILES string of the molecule is O=C(C1CCCC1)N(Cc1ccco1)Cc1c(-c2ccccc2)noc1N1CCCCC1. The van der Waals surface area contributed by atoms with Crippen molar-refractivity contribution in [3.63, 3.8) is 0 Å². The van der Waals surface area contributed by atoms with Crippen molar-refractivity contribution >= 4 is 11.8 Å². The molecule has 1 amide bonds. The molecule has 5 rings (SSSR count). The van der Waals surface area contributed by atoms with Gasteiger partial charge in [-0.05, 0) is 44.2 Å². The summed E-state index contributed by atoms with van der Waals surface area (Å²) >= 11 is 0. The highest BCUT2D eigenvalue weighted by atomic mass is 16.5. The highest BCUT2D eigenvalue weighted by Crippen LogP contribution is 2.35. The maximum Gasteiger partial charge on any atom is 0.232 e. The Morgan fingerprint density at radius 3 is 2.47 bits per heavy atom. The van der Waals surface area contributed by atoms with Crippen LogP contribution in [0.1, 0.15) is 56.3 Å². The standard InChI is InChI=1S/C26H31N3O3/c30-25(21-12-5-6-13-21)29(18-22-14-9-17-31-22)19-23-24(20-10-3-1-4-11-20)27-32-26(23)28-15-7-2-8-16-28/h1,3-4,9-11,14,17,21H,2,5-8,12-13,15-16,18-19H2. The zero-order valence-electron chi connectivity index (χ0n) is 18.5. The number of rotatable bonds is 7. The van der Waals surface area contributed by atoms with Crippen molar-refractivity contribution in [3.8, 4) is 11.3 Å². The minimum Gasteiger partial charge on any atom is -0.467 e. The first-order chi connectivity index (χ1) is 15.8. The zero-order chi connectivity index (χ0) is 21.8. The second-order valence-electron chi connectivity index (χ2n) is 8.98. The van der Waals surface area contributed by atoms with Crippen LogP contribution in [0.5, 0.6) is 0 Å². The van der Waals surface area contributed by atoms with Crippen molar-refractivity contribution in [2.75, 3.05) is 18.0 Å². The molecule has 1 saturated carbocycles. The van der Waals surface area contributed by atoms with Crippen LogP contribution in [0.25, 0.3) is 11.3 Å². The van der Waals surface area contributed by atoms with Gasteiger partial charge in [0.2, 0.25) is 11.8 Å². The van der Waals surface area contributed by atoms with Crippen LogP contribution in [0.4, 0.5) is 5.88 Å². The molecule has 6 nitrogen and oxygen atoms in total. The van der Waals surface area contributed by atoms with Crippen molar-refractivity contribution in [1.29, 1.82) is 0 Å². The Bertz CT molecular complexity index is 1000. The predicted molar refractivity (Wildman–Crippen MR) is 123 cm³/mol. The summed E-state index contributed by atoms with van der Waals surface area (Å²) in [6.07, 6.45) is 9.43. The lowest BCUT2D eigenvalue weighted by molar-refractivity contribution is -0.136. The van der Waals surface area contributed by atoms with Crippen molar-refractivity contribution < 1.29 is 13.7 Å². The fourth-order valence-corrected chi connectivity index (χ4v) is 5.04. The highest BCUT2D eigenvalue weighted by molar-refractivity contribution is 5.80. The molecular formula is C26H31N3O3. The third-order valence-corrected chi connectivity index (χ3v) is 6.75. The molecule has 0 atom stereocenters. The molecule has 1 saturated heterocycles. The van der Waals surface area contributed by atoms with E-state index in [0.717, 1.165) is 80.1 Å². The molecule has 2 aliphatic rings. The average molecular weight is 434 g/mol. The number of carbonyl (C=O) groups is 1. The third-order valence-electron chi connectivity index (χ3n) is 6.75. The lowest BCUT2D eigenvalue weighted by Crippen LogP contribution is -2.35. The molecule has 0 unspecified atom stereocenters. The largest absolute Gasteiger partial charge is 0.467 e. The Kier molecular flexibility index (Phi) is 6.28. The van der Waals surface area contributed by atoms with Gasteiger partial charge < -0.3 is 18.7 Å². The van der Waals surface area contributed by atoms with Crippen LogP contribution in [0, 0.1) is 5.92 Å². The molecule has 1 aromatic carbocycles. The summed E-state index contributed by atoms with van der Waals surface area (Å²) < 4.78 is 11.6. The van der Waals surface area contributed by atoms with E-state index in [-0.39, 0.29) is 11.8 Å². The average Bonchev–Trinajstić information content (AvgIpc) is 3.61. The second kappa shape index (κ2) is 9.63. The fraction of sp³-hybridized carbons (Fsp3) is 0.462. The van der Waals surface area contributed by atoms with E-state index in [1.165, 1.54) is 6.42 Å². The van der Waals surface area contributed by atoms with Gasteiger partial charge in [-0.15, -0.1) is 0 Å². The summed E-state index contributed by atoms with van der Waals surface area (Å²) in [5, 5.41) is 4.49. The molecule has 3 heterocycles. The third kappa shape index (κ3) is 4.45. The zero-order valence-corrected chi connectivity index (χ0v) is 18.5. The molecule has 6 heteroatoms. The smallest absolute Gasteiger partial charge is 0.232 e. The van der Waals surface area contributed by atoms with Gasteiger partial charge in [0.25, 0.3) is 0 Å². The molecule has 1 aliphatic carbocycles. The van der Waals surface area contributed by atoms with Crippen molar-refractivity contribution in [1.82, 2.24) is 10.1 Å². The number of nitrogens with zero attached hydrogens (tertiary/aromatic N) is 3. The van der Waals surface area contributed by atoms with E-state index in [1.54, 1.807) is 6.26 Å². The lowest BCUT2D eigenvalue weighted by Gasteiger charge is -2.29. The molecule has 32 heavy (non-hydrogen) atoms. The molecule has 2 aromatic heterocycles. The number of carbonyl (C=O) groups excluding carboxylic acids is 1. The highest BCUT2D eigenvalue weighted by Gasteiger charge is 2.31. The van der Waals surface area contributed by atoms with Crippen LogP contribution in [-0.4, -0.2) is 29.1 Å². The maximum absolute atomic E-state index is 13.6. The molecule has 0 N–H and O–H groups in total. The van der Waals surface area contributed by atoms with Gasteiger partial charge in [-0.25, -0.2) is 0 Å². The number of benzene rings is 1. The molecular weight excluding hydrogens is 402 g/mol. The normalized spacial score (nSPS) is 17.1. The molecule has 2 fully saturated rings. The Morgan fingerprint density at radius 1 is 0.969 bits per heavy atom. The van der Waals surface area contributed by atoms with Crippen molar-refractivity contribution in [2.45, 2.75) is 58.0 Å². The summed E-state index contributed by atoms with van der Waals surface area (Å²) in [6, 6.07) is 13.9. The molecule has 0 bridgehead atoms. The fourth-order valence-electron chi connectivity index (χ4n) is 5.04. The Morgan fingerprint density at radius 2 is 1.75 bits per heavy atom. The van der Waals surface area contributed by atoms with Crippen molar-refractivity contribution in [2.24, 2.45) is 5.92 Å². The molecule has 3 aromatic rings. The quantitative estimate of drug-likeness (QED) is 0.482. The van der Waals surface area contributed by atoms with E-state index in [4.69, 9.17) is 8.94 Å². The number of aromatic nitrogens is 1. The van der Waals surface area contributed by atoms with Gasteiger partial charge in [-0.2, -0.15) is 0 Å². The Balaban J connectivity index is 1.50. The number of hydrogen-bond acceptors (Lipinski definition) is 5. The van der Waals surface area contributed by atoms with E-state index in [1.807, 2.05) is 35.2 Å². The van der Waals surface area contributed by atoms with E-state index in [0.29, 0.717) is 13.1 Å². The molecule has 168 valence electrons. The van der Waals surface area contributed by atoms with E-state index in [2.05, 4.69) is 22.2 Å². The first-order valence-corrected chi connectivity index (χ1v) is 11.9. The predicted octanol–water partition coefficient (Wildman–Crippen LogP) is 5.64. The topological polar surface area (TPSA) is 62.7 Å². The number of amides is 1. The van der Waals surface area contributed by atoms with Crippen LogP contribution in [-0.2, 0) is 17.9 Å². The minimum atomic E-state index is 0.100. The Hall–Kier alpha value is -3.02. The van der Waals surface area contributed by atoms with Gasteiger partial charge in [0.15, 0.2) is 0 Å². The van der Waals surface area contributed by atoms with Crippen LogP contribution < -0.4 is 4.90 Å². The van der Waals surface area contributed by atoms with Crippen LogP contribution in [0.2, 0.25) is 0 Å². The lowest BCUT2D eigenvalue weighted by atomic mass is 10.0. The van der Waals surface area contributed by atoms with E-state index in [9.17, 15) is 4.79 Å². The van der Waals surface area contributed by atoms with Crippen LogP contribution in [0.3, 0.4) is 0 Å². The van der Waals surface area contributed by atoms with Crippen molar-refractivity contribution in [3.05, 3.63) is 60.1 Å². The van der Waals surface area contributed by atoms with Gasteiger partial charge in [0.1, 0.15) is 11.5 Å². The second-order valence-corrected chi connectivity index (χ2v) is 8.98. The van der Waals surface area contributed by atoms with Crippen LogP contribution >= 0.6 is 0 Å². The number of piperidine rings is 1. The maximum atomic E-state index is 13.6. The molecule has 0 spiro atoms. The van der Waals surface area contributed by atoms with Crippen LogP contribution in [0.15, 0.2) is 57.7 Å². The van der Waals surface area contributed by atoms with Gasteiger partial charge in [0, 0.05) is 24.6 Å². The molecule has 1 aliphatic heterocycles. The van der Waals surface area contributed by atoms with E-state index >= 15 is 0 Å². The summed E-state index contributed by atoms with van der Waals surface area (Å²) in [7, 11) is 0. The molecule has 0 radical (unpaired) electrons. The minimum absolute atomic E-state index is 0.100. The Labute approximate surface area is 189 Å². The van der Waals surface area contributed by atoms with Gasteiger partial charge in [-0.1, -0.05) is 48.3 Å².